The monoisotopic (exact) mass is 238 g/mol. The van der Waals surface area contributed by atoms with Gasteiger partial charge >= 0.3 is 0 Å². The van der Waals surface area contributed by atoms with Crippen LogP contribution in [0.2, 0.25) is 0 Å². The molecule has 1 aromatic heterocycles. The highest BCUT2D eigenvalue weighted by Gasteiger charge is 2.52. The van der Waals surface area contributed by atoms with E-state index in [-0.39, 0.29) is 11.0 Å². The zero-order valence-electron chi connectivity index (χ0n) is 11.6. The molecule has 3 rings (SSSR count). The van der Waals surface area contributed by atoms with Gasteiger partial charge in [0, 0.05) is 26.0 Å². The number of pyridine rings is 1. The second-order valence-electron chi connectivity index (χ2n) is 6.19. The quantitative estimate of drug-likeness (QED) is 0.617. The minimum absolute atomic E-state index is 0.0674. The molecule has 0 fully saturated rings. The van der Waals surface area contributed by atoms with Crippen LogP contribution in [-0.2, 0) is 11.0 Å². The van der Waals surface area contributed by atoms with E-state index in [4.69, 9.17) is 0 Å². The minimum atomic E-state index is 0.0674. The third kappa shape index (κ3) is 1.25. The molecule has 1 aliphatic heterocycles. The molecule has 2 aromatic rings. The Morgan fingerprint density at radius 1 is 0.833 bits per heavy atom. The van der Waals surface area contributed by atoms with Gasteiger partial charge in [0.25, 0.3) is 0 Å². The SMILES string of the molecule is CC1(C)c2ccccc2-c2cccc[n+]2C1(C)C. The number of benzene rings is 1. The first-order valence-corrected chi connectivity index (χ1v) is 6.57. The summed E-state index contributed by atoms with van der Waals surface area (Å²) in [4.78, 5) is 0. The molecule has 1 nitrogen and oxygen atoms in total. The van der Waals surface area contributed by atoms with Crippen molar-refractivity contribution in [1.29, 1.82) is 0 Å². The van der Waals surface area contributed by atoms with Gasteiger partial charge in [-0.25, -0.2) is 0 Å². The van der Waals surface area contributed by atoms with Gasteiger partial charge < -0.3 is 0 Å². The fourth-order valence-corrected chi connectivity index (χ4v) is 3.03. The molecular formula is C17H20N+. The summed E-state index contributed by atoms with van der Waals surface area (Å²) in [5, 5.41) is 0. The Balaban J connectivity index is 2.43. The second kappa shape index (κ2) is 3.44. The molecule has 0 saturated heterocycles. The molecule has 2 heterocycles. The lowest BCUT2D eigenvalue weighted by atomic mass is 9.65. The van der Waals surface area contributed by atoms with Gasteiger partial charge in [-0.05, 0) is 31.5 Å². The fraction of sp³-hybridized carbons (Fsp3) is 0.353. The van der Waals surface area contributed by atoms with Crippen LogP contribution in [0, 0.1) is 0 Å². The summed E-state index contributed by atoms with van der Waals surface area (Å²) in [5.74, 6) is 0. The molecule has 1 heteroatoms. The maximum absolute atomic E-state index is 2.41. The fourth-order valence-electron chi connectivity index (χ4n) is 3.03. The van der Waals surface area contributed by atoms with E-state index in [0.29, 0.717) is 0 Å². The summed E-state index contributed by atoms with van der Waals surface area (Å²) >= 11 is 0. The Morgan fingerprint density at radius 3 is 2.28 bits per heavy atom. The number of hydrogen-bond donors (Lipinski definition) is 0. The first-order valence-electron chi connectivity index (χ1n) is 6.57. The molecular weight excluding hydrogens is 218 g/mol. The number of fused-ring (bicyclic) bond motifs is 3. The van der Waals surface area contributed by atoms with E-state index >= 15 is 0 Å². The van der Waals surface area contributed by atoms with E-state index in [0.717, 1.165) is 0 Å². The first-order chi connectivity index (χ1) is 8.46. The summed E-state index contributed by atoms with van der Waals surface area (Å²) in [7, 11) is 0. The standard InChI is InChI=1S/C17H20N/c1-16(2)14-10-6-5-9-13(14)15-11-7-8-12-18(15)17(16,3)4/h5-12H,1-4H3/q+1. The van der Waals surface area contributed by atoms with Crippen LogP contribution in [0.5, 0.6) is 0 Å². The van der Waals surface area contributed by atoms with Crippen molar-refractivity contribution in [3.05, 3.63) is 54.2 Å². The Kier molecular flexibility index (Phi) is 2.19. The summed E-state index contributed by atoms with van der Waals surface area (Å²) in [5.41, 5.74) is 4.31. The predicted molar refractivity (Wildman–Crippen MR) is 74.4 cm³/mol. The molecule has 18 heavy (non-hydrogen) atoms. The van der Waals surface area contributed by atoms with E-state index in [9.17, 15) is 0 Å². The topological polar surface area (TPSA) is 3.88 Å². The molecule has 0 spiro atoms. The number of nitrogens with zero attached hydrogens (tertiary/aromatic N) is 1. The Hall–Kier alpha value is -1.63. The van der Waals surface area contributed by atoms with Crippen molar-refractivity contribution in [2.75, 3.05) is 0 Å². The van der Waals surface area contributed by atoms with E-state index in [1.165, 1.54) is 16.8 Å². The van der Waals surface area contributed by atoms with Crippen molar-refractivity contribution in [3.8, 4) is 11.3 Å². The third-order valence-electron chi connectivity index (χ3n) is 4.87. The maximum atomic E-state index is 2.41. The zero-order chi connectivity index (χ0) is 13.0. The molecule has 0 amide bonds. The lowest BCUT2D eigenvalue weighted by Gasteiger charge is -2.42. The van der Waals surface area contributed by atoms with Crippen LogP contribution in [0.1, 0.15) is 33.3 Å². The summed E-state index contributed by atoms with van der Waals surface area (Å²) < 4.78 is 2.41. The Morgan fingerprint density at radius 2 is 1.50 bits per heavy atom. The predicted octanol–water partition coefficient (Wildman–Crippen LogP) is 3.67. The number of hydrogen-bond acceptors (Lipinski definition) is 0. The van der Waals surface area contributed by atoms with Crippen LogP contribution in [0.25, 0.3) is 11.3 Å². The van der Waals surface area contributed by atoms with Crippen molar-refractivity contribution >= 4 is 0 Å². The first kappa shape index (κ1) is 11.5. The van der Waals surface area contributed by atoms with Crippen LogP contribution in [0.15, 0.2) is 48.7 Å². The van der Waals surface area contributed by atoms with Crippen LogP contribution >= 0.6 is 0 Å². The molecule has 0 atom stereocenters. The van der Waals surface area contributed by atoms with E-state index in [1.807, 2.05) is 0 Å². The largest absolute Gasteiger partial charge is 0.213 e. The third-order valence-corrected chi connectivity index (χ3v) is 4.87. The Bertz CT molecular complexity index is 553. The van der Waals surface area contributed by atoms with Crippen LogP contribution in [-0.4, -0.2) is 0 Å². The summed E-state index contributed by atoms with van der Waals surface area (Å²) in [6.45, 7) is 9.34. The molecule has 0 radical (unpaired) electrons. The van der Waals surface area contributed by atoms with Gasteiger partial charge in [0.05, 0.1) is 11.0 Å². The average Bonchev–Trinajstić information content (AvgIpc) is 2.37. The van der Waals surface area contributed by atoms with Gasteiger partial charge in [-0.2, -0.15) is 4.57 Å². The summed E-state index contributed by atoms with van der Waals surface area (Å²) in [6, 6.07) is 15.2. The lowest BCUT2D eigenvalue weighted by molar-refractivity contribution is -0.760. The van der Waals surface area contributed by atoms with Crippen molar-refractivity contribution < 1.29 is 4.57 Å². The molecule has 92 valence electrons. The zero-order valence-corrected chi connectivity index (χ0v) is 11.6. The average molecular weight is 238 g/mol. The molecule has 0 N–H and O–H groups in total. The van der Waals surface area contributed by atoms with E-state index in [1.54, 1.807) is 0 Å². The van der Waals surface area contributed by atoms with Gasteiger partial charge in [0.15, 0.2) is 11.7 Å². The second-order valence-corrected chi connectivity index (χ2v) is 6.19. The smallest absolute Gasteiger partial charge is 0.193 e. The van der Waals surface area contributed by atoms with Gasteiger partial charge in [0.1, 0.15) is 0 Å². The van der Waals surface area contributed by atoms with Crippen molar-refractivity contribution in [2.45, 2.75) is 38.6 Å². The molecule has 1 aromatic carbocycles. The molecule has 0 bridgehead atoms. The van der Waals surface area contributed by atoms with Crippen LogP contribution in [0.4, 0.5) is 0 Å². The van der Waals surface area contributed by atoms with Crippen LogP contribution in [0.3, 0.4) is 0 Å². The van der Waals surface area contributed by atoms with Crippen molar-refractivity contribution in [3.63, 3.8) is 0 Å². The van der Waals surface area contributed by atoms with Crippen molar-refractivity contribution in [1.82, 2.24) is 0 Å². The van der Waals surface area contributed by atoms with Gasteiger partial charge in [0.2, 0.25) is 5.69 Å². The van der Waals surface area contributed by atoms with E-state index in [2.05, 4.69) is 80.9 Å². The highest BCUT2D eigenvalue weighted by atomic mass is 15.1. The molecule has 0 aliphatic carbocycles. The number of rotatable bonds is 0. The van der Waals surface area contributed by atoms with Gasteiger partial charge in [-0.1, -0.05) is 18.2 Å². The van der Waals surface area contributed by atoms with Gasteiger partial charge in [-0.3, -0.25) is 0 Å². The molecule has 0 unspecified atom stereocenters. The number of aromatic nitrogens is 1. The highest BCUT2D eigenvalue weighted by molar-refractivity contribution is 5.64. The van der Waals surface area contributed by atoms with Gasteiger partial charge in [-0.15, -0.1) is 0 Å². The molecule has 0 saturated carbocycles. The normalized spacial score (nSPS) is 18.9. The van der Waals surface area contributed by atoms with E-state index < -0.39 is 0 Å². The van der Waals surface area contributed by atoms with Crippen molar-refractivity contribution in [2.24, 2.45) is 0 Å². The Labute approximate surface area is 109 Å². The lowest BCUT2D eigenvalue weighted by Crippen LogP contribution is -2.65. The minimum Gasteiger partial charge on any atom is -0.193 e. The summed E-state index contributed by atoms with van der Waals surface area (Å²) in [6.07, 6.45) is 2.20. The molecule has 1 aliphatic rings. The maximum Gasteiger partial charge on any atom is 0.213 e. The highest BCUT2D eigenvalue weighted by Crippen LogP contribution is 2.44. The van der Waals surface area contributed by atoms with Crippen LogP contribution < -0.4 is 4.57 Å².